The van der Waals surface area contributed by atoms with Crippen LogP contribution < -0.4 is 16.5 Å². The number of H-pyrrole nitrogens is 2. The van der Waals surface area contributed by atoms with Crippen LogP contribution >= 0.6 is 0 Å². The summed E-state index contributed by atoms with van der Waals surface area (Å²) in [4.78, 5) is 27.5. The molecule has 122 valence electrons. The van der Waals surface area contributed by atoms with Crippen molar-refractivity contribution in [2.45, 2.75) is 19.2 Å². The van der Waals surface area contributed by atoms with Crippen molar-refractivity contribution in [1.82, 2.24) is 30.9 Å². The minimum Gasteiger partial charge on any atom is -0.372 e. The molecule has 0 spiro atoms. The maximum atomic E-state index is 12.0. The highest BCUT2D eigenvalue weighted by Crippen LogP contribution is 2.26. The van der Waals surface area contributed by atoms with Gasteiger partial charge >= 0.3 is 11.7 Å². The largest absolute Gasteiger partial charge is 0.372 e. The number of hydrazine groups is 1. The maximum absolute atomic E-state index is 12.0. The maximum Gasteiger partial charge on any atom is 0.340 e. The van der Waals surface area contributed by atoms with E-state index in [2.05, 4.69) is 26.0 Å². The van der Waals surface area contributed by atoms with E-state index in [1.54, 1.807) is 0 Å². The zero-order valence-corrected chi connectivity index (χ0v) is 12.6. The van der Waals surface area contributed by atoms with Gasteiger partial charge in [-0.15, -0.1) is 0 Å². The lowest BCUT2D eigenvalue weighted by molar-refractivity contribution is -0.00213. The molecule has 0 aliphatic carbocycles. The third kappa shape index (κ3) is 2.83. The van der Waals surface area contributed by atoms with E-state index in [0.717, 1.165) is 5.56 Å². The van der Waals surface area contributed by atoms with E-state index >= 15 is 0 Å². The predicted octanol–water partition coefficient (Wildman–Crippen LogP) is 0.0173. The lowest BCUT2D eigenvalue weighted by Gasteiger charge is -2.33. The van der Waals surface area contributed by atoms with Gasteiger partial charge in [0.2, 0.25) is 0 Å². The highest BCUT2D eigenvalue weighted by atomic mass is 16.5. The molecule has 0 bridgehead atoms. The molecule has 1 aromatic carbocycles. The molecule has 4 N–H and O–H groups in total. The smallest absolute Gasteiger partial charge is 0.340 e. The summed E-state index contributed by atoms with van der Waals surface area (Å²) in [7, 11) is 0. The number of carbonyl (C=O) groups is 1. The second-order valence-electron chi connectivity index (χ2n) is 5.16. The van der Waals surface area contributed by atoms with E-state index in [9.17, 15) is 9.59 Å². The number of aromatic amines is 2. The zero-order chi connectivity index (χ0) is 16.3. The quantitative estimate of drug-likeness (QED) is 0.599. The van der Waals surface area contributed by atoms with Gasteiger partial charge < -0.3 is 4.74 Å². The van der Waals surface area contributed by atoms with Crippen molar-refractivity contribution in [3.8, 4) is 0 Å². The minimum absolute atomic E-state index is 0.120. The minimum atomic E-state index is -1.07. The monoisotopic (exact) mass is 318 g/mol. The van der Waals surface area contributed by atoms with Crippen molar-refractivity contribution in [3.63, 3.8) is 0 Å². The number of nitrogens with one attached hydrogen (secondary N) is 4. The number of rotatable bonds is 6. The average molecular weight is 318 g/mol. The molecular formula is C14H18N6O3. The molecule has 1 saturated heterocycles. The Labute approximate surface area is 132 Å². The third-order valence-corrected chi connectivity index (χ3v) is 3.71. The van der Waals surface area contributed by atoms with Crippen LogP contribution in [0.5, 0.6) is 0 Å². The Morgan fingerprint density at radius 1 is 1.26 bits per heavy atom. The molecule has 9 heteroatoms. The summed E-state index contributed by atoms with van der Waals surface area (Å²) in [5.74, 6) is 0.288. The second kappa shape index (κ2) is 6.23. The Bertz CT molecular complexity index is 727. The first-order chi connectivity index (χ1) is 11.2. The molecule has 1 fully saturated rings. The molecule has 0 radical (unpaired) electrons. The van der Waals surface area contributed by atoms with Crippen molar-refractivity contribution >= 4 is 6.03 Å². The summed E-state index contributed by atoms with van der Waals surface area (Å²) >= 11 is 0. The van der Waals surface area contributed by atoms with Crippen LogP contribution in [-0.2, 0) is 17.0 Å². The van der Waals surface area contributed by atoms with Gasteiger partial charge in [-0.05, 0) is 12.5 Å². The lowest BCUT2D eigenvalue weighted by atomic mass is 10.1. The van der Waals surface area contributed by atoms with Gasteiger partial charge in [-0.3, -0.25) is 15.3 Å². The number of likely N-dealkylation sites (N-methyl/N-ethyl adjacent to an activating group) is 1. The average Bonchev–Trinajstić information content (AvgIpc) is 3.13. The van der Waals surface area contributed by atoms with E-state index < -0.39 is 11.4 Å². The normalized spacial score (nSPS) is 20.7. The van der Waals surface area contributed by atoms with Crippen LogP contribution in [0.2, 0.25) is 0 Å². The molecule has 1 aliphatic heterocycles. The van der Waals surface area contributed by atoms with Gasteiger partial charge in [0.25, 0.3) is 0 Å². The van der Waals surface area contributed by atoms with Gasteiger partial charge in [0.1, 0.15) is 0 Å². The molecule has 2 heterocycles. The molecule has 1 aliphatic rings. The Balaban J connectivity index is 1.81. The molecule has 1 unspecified atom stereocenters. The van der Waals surface area contributed by atoms with Crippen LogP contribution in [0, 0.1) is 0 Å². The fourth-order valence-electron chi connectivity index (χ4n) is 2.60. The standard InChI is InChI=1S/C14H18N6O3/c1-2-20-13(22)18-19-14(20,11-15-12(21)17-16-11)9-23-8-10-6-4-3-5-7-10/h3-7,19H,2,8-9H2,1H3,(H,18,22)(H2,15,16,17,21). The number of ether oxygens (including phenoxy) is 1. The van der Waals surface area contributed by atoms with Gasteiger partial charge in [-0.2, -0.15) is 10.5 Å². The molecule has 1 atom stereocenters. The third-order valence-electron chi connectivity index (χ3n) is 3.71. The molecule has 2 amide bonds. The predicted molar refractivity (Wildman–Crippen MR) is 81.0 cm³/mol. The zero-order valence-electron chi connectivity index (χ0n) is 12.6. The van der Waals surface area contributed by atoms with Crippen LogP contribution in [-0.4, -0.2) is 39.3 Å². The first-order valence-corrected chi connectivity index (χ1v) is 7.27. The van der Waals surface area contributed by atoms with Crippen molar-refractivity contribution in [2.24, 2.45) is 0 Å². The molecule has 3 rings (SSSR count). The van der Waals surface area contributed by atoms with Crippen LogP contribution in [0.15, 0.2) is 35.1 Å². The molecule has 0 saturated carbocycles. The van der Waals surface area contributed by atoms with Gasteiger partial charge in [-0.1, -0.05) is 30.3 Å². The summed E-state index contributed by atoms with van der Waals surface area (Å²) < 4.78 is 5.78. The van der Waals surface area contributed by atoms with Gasteiger partial charge in [0.05, 0.1) is 13.2 Å². The van der Waals surface area contributed by atoms with Gasteiger partial charge in [0.15, 0.2) is 11.5 Å². The first-order valence-electron chi connectivity index (χ1n) is 7.27. The second-order valence-corrected chi connectivity index (χ2v) is 5.16. The molecular weight excluding hydrogens is 300 g/mol. The van der Waals surface area contributed by atoms with Crippen molar-refractivity contribution in [3.05, 3.63) is 52.2 Å². The first kappa shape index (κ1) is 15.3. The summed E-state index contributed by atoms with van der Waals surface area (Å²) in [5.41, 5.74) is 4.93. The van der Waals surface area contributed by atoms with E-state index in [1.165, 1.54) is 4.90 Å². The summed E-state index contributed by atoms with van der Waals surface area (Å²) in [6.07, 6.45) is 0. The Morgan fingerprint density at radius 2 is 2.04 bits per heavy atom. The number of urea groups is 1. The number of hydrogen-bond acceptors (Lipinski definition) is 5. The van der Waals surface area contributed by atoms with Crippen molar-refractivity contribution < 1.29 is 9.53 Å². The lowest BCUT2D eigenvalue weighted by Crippen LogP contribution is -2.54. The van der Waals surface area contributed by atoms with E-state index in [0.29, 0.717) is 13.2 Å². The number of carbonyl (C=O) groups excluding carboxylic acids is 1. The summed E-state index contributed by atoms with van der Waals surface area (Å²) in [5, 5.41) is 6.27. The molecule has 9 nitrogen and oxygen atoms in total. The fourth-order valence-corrected chi connectivity index (χ4v) is 2.60. The topological polar surface area (TPSA) is 115 Å². The Hall–Kier alpha value is -2.65. The number of nitrogens with zero attached hydrogens (tertiary/aromatic N) is 2. The Morgan fingerprint density at radius 3 is 2.70 bits per heavy atom. The number of amides is 2. The summed E-state index contributed by atoms with van der Waals surface area (Å²) in [6.45, 7) is 2.76. The molecule has 1 aromatic heterocycles. The fraction of sp³-hybridized carbons (Fsp3) is 0.357. The highest BCUT2D eigenvalue weighted by Gasteiger charge is 2.49. The summed E-state index contributed by atoms with van der Waals surface area (Å²) in [6, 6.07) is 9.38. The van der Waals surface area contributed by atoms with Crippen LogP contribution in [0.25, 0.3) is 0 Å². The number of hydrogen-bond donors (Lipinski definition) is 4. The van der Waals surface area contributed by atoms with E-state index in [1.807, 2.05) is 37.3 Å². The van der Waals surface area contributed by atoms with Crippen LogP contribution in [0.1, 0.15) is 18.3 Å². The Kier molecular flexibility index (Phi) is 4.13. The SMILES string of the molecule is CCN1C(=O)NNC1(COCc1ccccc1)c1n[nH]c(=O)[nH]1. The van der Waals surface area contributed by atoms with Gasteiger partial charge in [-0.25, -0.2) is 14.7 Å². The molecule has 23 heavy (non-hydrogen) atoms. The molecule has 2 aromatic rings. The number of aromatic nitrogens is 3. The van der Waals surface area contributed by atoms with Crippen molar-refractivity contribution in [1.29, 1.82) is 0 Å². The van der Waals surface area contributed by atoms with Crippen LogP contribution in [0.3, 0.4) is 0 Å². The van der Waals surface area contributed by atoms with Crippen molar-refractivity contribution in [2.75, 3.05) is 13.2 Å². The van der Waals surface area contributed by atoms with Gasteiger partial charge in [0, 0.05) is 6.54 Å². The number of benzene rings is 1. The van der Waals surface area contributed by atoms with E-state index in [-0.39, 0.29) is 18.5 Å². The highest BCUT2D eigenvalue weighted by molar-refractivity contribution is 5.76. The van der Waals surface area contributed by atoms with E-state index in [4.69, 9.17) is 4.74 Å². The van der Waals surface area contributed by atoms with Crippen LogP contribution in [0.4, 0.5) is 4.79 Å².